The lowest BCUT2D eigenvalue weighted by Crippen LogP contribution is -2.52. The number of nitrogens with one attached hydrogen (secondary N) is 1. The van der Waals surface area contributed by atoms with E-state index in [2.05, 4.69) is 27.0 Å². The van der Waals surface area contributed by atoms with E-state index in [9.17, 15) is 0 Å². The number of ether oxygens (including phenoxy) is 4. The Labute approximate surface area is 168 Å². The molecule has 1 aromatic rings. The Morgan fingerprint density at radius 3 is 2.14 bits per heavy atom. The molecule has 0 unspecified atom stereocenters. The van der Waals surface area contributed by atoms with Gasteiger partial charge in [0, 0.05) is 46.4 Å². The number of rotatable bonds is 9. The first-order valence-corrected chi connectivity index (χ1v) is 9.70. The molecule has 0 spiro atoms. The number of guanidine groups is 1. The highest BCUT2D eigenvalue weighted by Gasteiger charge is 2.21. The quantitative estimate of drug-likeness (QED) is 0.386. The minimum absolute atomic E-state index is 0.626. The van der Waals surface area contributed by atoms with Gasteiger partial charge < -0.3 is 29.2 Å². The van der Waals surface area contributed by atoms with E-state index in [0.717, 1.165) is 50.8 Å². The van der Waals surface area contributed by atoms with Crippen molar-refractivity contribution in [1.29, 1.82) is 0 Å². The number of hydrogen-bond donors (Lipinski definition) is 1. The Bertz CT molecular complexity index is 606. The van der Waals surface area contributed by atoms with E-state index < -0.39 is 0 Å². The Kier molecular flexibility index (Phi) is 9.16. The van der Waals surface area contributed by atoms with Gasteiger partial charge in [-0.1, -0.05) is 0 Å². The molecule has 1 N–H and O–H groups in total. The van der Waals surface area contributed by atoms with Crippen LogP contribution in [0.4, 0.5) is 0 Å². The predicted molar refractivity (Wildman–Crippen MR) is 111 cm³/mol. The molecule has 1 fully saturated rings. The third kappa shape index (κ3) is 5.90. The van der Waals surface area contributed by atoms with Crippen LogP contribution in [-0.2, 0) is 11.3 Å². The second-order valence-corrected chi connectivity index (χ2v) is 6.53. The highest BCUT2D eigenvalue weighted by molar-refractivity contribution is 5.80. The molecule has 8 nitrogen and oxygen atoms in total. The van der Waals surface area contributed by atoms with Gasteiger partial charge in [0.1, 0.15) is 0 Å². The van der Waals surface area contributed by atoms with Crippen LogP contribution in [0.1, 0.15) is 12.5 Å². The molecular formula is C20H34N4O4. The summed E-state index contributed by atoms with van der Waals surface area (Å²) in [5.41, 5.74) is 1.14. The standard InChI is InChI=1S/C20H34N4O4/c1-6-21-20(22-7-12-25-2)24-10-8-23(9-11-24)15-16-13-17(26-3)19(28-5)18(14-16)27-4/h13-14H,6-12,15H2,1-5H3,(H,21,22). The van der Waals surface area contributed by atoms with E-state index in [1.807, 2.05) is 12.1 Å². The monoisotopic (exact) mass is 394 g/mol. The van der Waals surface area contributed by atoms with Gasteiger partial charge in [0.05, 0.1) is 34.5 Å². The van der Waals surface area contributed by atoms with E-state index in [-0.39, 0.29) is 0 Å². The van der Waals surface area contributed by atoms with Crippen LogP contribution in [-0.4, -0.2) is 90.1 Å². The first kappa shape index (κ1) is 22.1. The Balaban J connectivity index is 1.99. The van der Waals surface area contributed by atoms with Crippen molar-refractivity contribution < 1.29 is 18.9 Å². The second kappa shape index (κ2) is 11.6. The van der Waals surface area contributed by atoms with Crippen molar-refractivity contribution >= 4 is 5.96 Å². The largest absolute Gasteiger partial charge is 0.493 e. The first-order chi connectivity index (χ1) is 13.7. The molecule has 1 aromatic carbocycles. The van der Waals surface area contributed by atoms with Crippen LogP contribution >= 0.6 is 0 Å². The average Bonchev–Trinajstić information content (AvgIpc) is 2.73. The number of aliphatic imine (C=N–C) groups is 1. The number of piperazine rings is 1. The SMILES string of the molecule is CCNC(=NCCOC)N1CCN(Cc2cc(OC)c(OC)c(OC)c2)CC1. The van der Waals surface area contributed by atoms with Crippen LogP contribution in [0.5, 0.6) is 17.2 Å². The minimum atomic E-state index is 0.626. The normalized spacial score (nSPS) is 15.5. The van der Waals surface area contributed by atoms with Gasteiger partial charge in [-0.2, -0.15) is 0 Å². The second-order valence-electron chi connectivity index (χ2n) is 6.53. The van der Waals surface area contributed by atoms with Gasteiger partial charge in [0.2, 0.25) is 5.75 Å². The van der Waals surface area contributed by atoms with E-state index in [1.54, 1.807) is 28.4 Å². The third-order valence-electron chi connectivity index (χ3n) is 4.69. The van der Waals surface area contributed by atoms with Crippen LogP contribution in [0.2, 0.25) is 0 Å². The van der Waals surface area contributed by atoms with Gasteiger partial charge in [-0.3, -0.25) is 9.89 Å². The predicted octanol–water partition coefficient (Wildman–Crippen LogP) is 1.44. The number of hydrogen-bond acceptors (Lipinski definition) is 6. The van der Waals surface area contributed by atoms with E-state index >= 15 is 0 Å². The van der Waals surface area contributed by atoms with Crippen molar-refractivity contribution in [3.05, 3.63) is 17.7 Å². The van der Waals surface area contributed by atoms with Crippen molar-refractivity contribution in [3.63, 3.8) is 0 Å². The molecule has 1 saturated heterocycles. The summed E-state index contributed by atoms with van der Waals surface area (Å²) in [6, 6.07) is 4.04. The number of benzene rings is 1. The van der Waals surface area contributed by atoms with Gasteiger partial charge in [0.15, 0.2) is 17.5 Å². The molecule has 1 aliphatic rings. The summed E-state index contributed by atoms with van der Waals surface area (Å²) in [5.74, 6) is 2.97. The molecule has 8 heteroatoms. The summed E-state index contributed by atoms with van der Waals surface area (Å²) in [4.78, 5) is 9.38. The first-order valence-electron chi connectivity index (χ1n) is 9.70. The maximum atomic E-state index is 5.46. The fourth-order valence-corrected chi connectivity index (χ4v) is 3.27. The molecule has 1 heterocycles. The van der Waals surface area contributed by atoms with E-state index in [1.165, 1.54) is 0 Å². The van der Waals surface area contributed by atoms with Gasteiger partial charge in [-0.05, 0) is 24.6 Å². The molecule has 0 radical (unpaired) electrons. The Hall–Kier alpha value is -2.19. The summed E-state index contributed by atoms with van der Waals surface area (Å²) in [5, 5.41) is 3.37. The molecule has 0 saturated carbocycles. The zero-order chi connectivity index (χ0) is 20.4. The molecule has 0 aromatic heterocycles. The maximum Gasteiger partial charge on any atom is 0.203 e. The van der Waals surface area contributed by atoms with Crippen molar-refractivity contribution in [1.82, 2.24) is 15.1 Å². The minimum Gasteiger partial charge on any atom is -0.493 e. The molecule has 0 atom stereocenters. The van der Waals surface area contributed by atoms with E-state index in [4.69, 9.17) is 18.9 Å². The van der Waals surface area contributed by atoms with Crippen molar-refractivity contribution in [2.75, 3.05) is 74.3 Å². The number of nitrogens with zero attached hydrogens (tertiary/aromatic N) is 3. The van der Waals surface area contributed by atoms with Crippen molar-refractivity contribution in [2.45, 2.75) is 13.5 Å². The highest BCUT2D eigenvalue weighted by Crippen LogP contribution is 2.38. The van der Waals surface area contributed by atoms with Crippen LogP contribution in [0.25, 0.3) is 0 Å². The Morgan fingerprint density at radius 2 is 1.64 bits per heavy atom. The smallest absolute Gasteiger partial charge is 0.203 e. The third-order valence-corrected chi connectivity index (χ3v) is 4.69. The van der Waals surface area contributed by atoms with E-state index in [0.29, 0.717) is 30.4 Å². The lowest BCUT2D eigenvalue weighted by atomic mass is 10.1. The lowest BCUT2D eigenvalue weighted by molar-refractivity contribution is 0.171. The fourth-order valence-electron chi connectivity index (χ4n) is 3.27. The topological polar surface area (TPSA) is 67.8 Å². The van der Waals surface area contributed by atoms with Crippen LogP contribution in [0.15, 0.2) is 17.1 Å². The summed E-state index contributed by atoms with van der Waals surface area (Å²) < 4.78 is 21.4. The zero-order valence-electron chi connectivity index (χ0n) is 17.8. The van der Waals surface area contributed by atoms with Crippen LogP contribution in [0, 0.1) is 0 Å². The fraction of sp³-hybridized carbons (Fsp3) is 0.650. The van der Waals surface area contributed by atoms with Crippen LogP contribution < -0.4 is 19.5 Å². The molecule has 28 heavy (non-hydrogen) atoms. The molecule has 0 amide bonds. The summed E-state index contributed by atoms with van der Waals surface area (Å²) >= 11 is 0. The van der Waals surface area contributed by atoms with Gasteiger partial charge in [-0.25, -0.2) is 0 Å². The number of methoxy groups -OCH3 is 4. The average molecular weight is 395 g/mol. The molecule has 2 rings (SSSR count). The molecular weight excluding hydrogens is 360 g/mol. The van der Waals surface area contributed by atoms with Crippen LogP contribution in [0.3, 0.4) is 0 Å². The highest BCUT2D eigenvalue weighted by atomic mass is 16.5. The summed E-state index contributed by atoms with van der Waals surface area (Å²) in [6.45, 7) is 8.88. The van der Waals surface area contributed by atoms with Gasteiger partial charge in [-0.15, -0.1) is 0 Å². The molecule has 0 aliphatic carbocycles. The summed E-state index contributed by atoms with van der Waals surface area (Å²) in [7, 11) is 6.61. The molecule has 158 valence electrons. The van der Waals surface area contributed by atoms with Gasteiger partial charge >= 0.3 is 0 Å². The molecule has 1 aliphatic heterocycles. The molecule has 0 bridgehead atoms. The van der Waals surface area contributed by atoms with Crippen molar-refractivity contribution in [3.8, 4) is 17.2 Å². The lowest BCUT2D eigenvalue weighted by Gasteiger charge is -2.36. The van der Waals surface area contributed by atoms with Gasteiger partial charge in [0.25, 0.3) is 0 Å². The zero-order valence-corrected chi connectivity index (χ0v) is 17.8. The summed E-state index contributed by atoms with van der Waals surface area (Å²) in [6.07, 6.45) is 0. The van der Waals surface area contributed by atoms with Crippen molar-refractivity contribution in [2.24, 2.45) is 4.99 Å². The Morgan fingerprint density at radius 1 is 1.00 bits per heavy atom. The maximum absolute atomic E-state index is 5.46.